The number of nitrogens with zero attached hydrogens (tertiary/aromatic N) is 2. The fourth-order valence-electron chi connectivity index (χ4n) is 2.41. The van der Waals surface area contributed by atoms with Crippen LogP contribution in [0.3, 0.4) is 0 Å². The molecule has 0 bridgehead atoms. The SMILES string of the molecule is O=C1c2ccccc2C(=O)N1OCc1ccc(S(=O)(=O)Cl)cc1[N+](=O)[O-]. The lowest BCUT2D eigenvalue weighted by Crippen LogP contribution is -2.29. The van der Waals surface area contributed by atoms with Crippen molar-refractivity contribution in [3.8, 4) is 0 Å². The lowest BCUT2D eigenvalue weighted by Gasteiger charge is -2.13. The Morgan fingerprint density at radius 3 is 2.15 bits per heavy atom. The van der Waals surface area contributed by atoms with Crippen LogP contribution < -0.4 is 0 Å². The van der Waals surface area contributed by atoms with Crippen LogP contribution in [-0.2, 0) is 20.5 Å². The molecule has 26 heavy (non-hydrogen) atoms. The molecule has 0 unspecified atom stereocenters. The number of nitro benzene ring substituents is 1. The van der Waals surface area contributed by atoms with Crippen LogP contribution in [0.15, 0.2) is 47.4 Å². The van der Waals surface area contributed by atoms with E-state index in [-0.39, 0.29) is 16.7 Å². The van der Waals surface area contributed by atoms with Crippen LogP contribution in [0.5, 0.6) is 0 Å². The summed E-state index contributed by atoms with van der Waals surface area (Å²) in [5.74, 6) is -1.37. The Morgan fingerprint density at radius 1 is 1.08 bits per heavy atom. The van der Waals surface area contributed by atoms with Crippen molar-refractivity contribution in [2.75, 3.05) is 0 Å². The second-order valence-electron chi connectivity index (χ2n) is 5.21. The maximum absolute atomic E-state index is 12.2. The fraction of sp³-hybridized carbons (Fsp3) is 0.0667. The first-order chi connectivity index (χ1) is 12.2. The van der Waals surface area contributed by atoms with E-state index in [0.29, 0.717) is 5.06 Å². The zero-order valence-electron chi connectivity index (χ0n) is 12.8. The molecule has 0 aromatic heterocycles. The number of nitro groups is 1. The average Bonchev–Trinajstić information content (AvgIpc) is 2.83. The second-order valence-corrected chi connectivity index (χ2v) is 7.78. The first-order valence-electron chi connectivity index (χ1n) is 7.03. The van der Waals surface area contributed by atoms with E-state index in [0.717, 1.165) is 18.2 Å². The number of halogens is 1. The van der Waals surface area contributed by atoms with E-state index in [1.807, 2.05) is 0 Å². The Hall–Kier alpha value is -2.82. The van der Waals surface area contributed by atoms with Crippen LogP contribution >= 0.6 is 10.7 Å². The van der Waals surface area contributed by atoms with Crippen molar-refractivity contribution in [1.29, 1.82) is 0 Å². The van der Waals surface area contributed by atoms with Gasteiger partial charge in [-0.15, -0.1) is 5.06 Å². The van der Waals surface area contributed by atoms with Crippen molar-refractivity contribution < 1.29 is 27.8 Å². The molecular formula is C15H9ClN2O7S. The number of hydrogen-bond donors (Lipinski definition) is 0. The summed E-state index contributed by atoms with van der Waals surface area (Å²) in [6.45, 7) is -0.496. The minimum Gasteiger partial charge on any atom is -0.266 e. The van der Waals surface area contributed by atoms with Gasteiger partial charge in [0.25, 0.3) is 26.6 Å². The molecule has 2 amide bonds. The number of rotatable bonds is 5. The smallest absolute Gasteiger partial charge is 0.266 e. The number of carbonyl (C=O) groups is 2. The van der Waals surface area contributed by atoms with E-state index in [2.05, 4.69) is 0 Å². The monoisotopic (exact) mass is 396 g/mol. The molecule has 0 fully saturated rings. The Bertz CT molecular complexity index is 1020. The topological polar surface area (TPSA) is 124 Å². The van der Waals surface area contributed by atoms with Crippen molar-refractivity contribution in [3.63, 3.8) is 0 Å². The van der Waals surface area contributed by atoms with Crippen molar-refractivity contribution in [3.05, 3.63) is 69.3 Å². The van der Waals surface area contributed by atoms with E-state index in [1.165, 1.54) is 12.1 Å². The zero-order valence-corrected chi connectivity index (χ0v) is 14.4. The number of fused-ring (bicyclic) bond motifs is 1. The van der Waals surface area contributed by atoms with Gasteiger partial charge in [0, 0.05) is 16.7 Å². The third kappa shape index (κ3) is 3.17. The van der Waals surface area contributed by atoms with Gasteiger partial charge in [0.2, 0.25) is 0 Å². The van der Waals surface area contributed by atoms with E-state index >= 15 is 0 Å². The Labute approximate surface area is 151 Å². The van der Waals surface area contributed by atoms with Gasteiger partial charge in [-0.05, 0) is 24.3 Å². The molecule has 0 atom stereocenters. The van der Waals surface area contributed by atoms with E-state index in [9.17, 15) is 28.1 Å². The number of carbonyl (C=O) groups excluding carboxylic acids is 2. The molecule has 0 saturated carbocycles. The summed E-state index contributed by atoms with van der Waals surface area (Å²) >= 11 is 0. The number of amides is 2. The number of benzene rings is 2. The highest BCUT2D eigenvalue weighted by atomic mass is 35.7. The summed E-state index contributed by atoms with van der Waals surface area (Å²) in [6.07, 6.45) is 0. The van der Waals surface area contributed by atoms with Crippen LogP contribution in [0.2, 0.25) is 0 Å². The highest BCUT2D eigenvalue weighted by Gasteiger charge is 2.36. The first kappa shape index (κ1) is 18.0. The number of hydroxylamine groups is 2. The minimum atomic E-state index is -4.15. The molecule has 9 nitrogen and oxygen atoms in total. The Balaban J connectivity index is 1.86. The number of hydrogen-bond acceptors (Lipinski definition) is 7. The summed E-state index contributed by atoms with van der Waals surface area (Å²) in [6, 6.07) is 9.07. The van der Waals surface area contributed by atoms with E-state index < -0.39 is 43.0 Å². The highest BCUT2D eigenvalue weighted by molar-refractivity contribution is 8.13. The maximum Gasteiger partial charge on any atom is 0.285 e. The molecule has 2 aromatic carbocycles. The highest BCUT2D eigenvalue weighted by Crippen LogP contribution is 2.28. The molecule has 2 aromatic rings. The summed E-state index contributed by atoms with van der Waals surface area (Å²) in [7, 11) is 1.03. The molecular weight excluding hydrogens is 388 g/mol. The predicted molar refractivity (Wildman–Crippen MR) is 87.9 cm³/mol. The molecule has 0 N–H and O–H groups in total. The van der Waals surface area contributed by atoms with Gasteiger partial charge in [0.1, 0.15) is 6.61 Å². The van der Waals surface area contributed by atoms with Gasteiger partial charge in [-0.1, -0.05) is 12.1 Å². The van der Waals surface area contributed by atoms with Gasteiger partial charge >= 0.3 is 0 Å². The number of imide groups is 1. The van der Waals surface area contributed by atoms with Crippen molar-refractivity contribution >= 4 is 37.2 Å². The van der Waals surface area contributed by atoms with Gasteiger partial charge in [0.05, 0.1) is 26.5 Å². The maximum atomic E-state index is 12.2. The van der Waals surface area contributed by atoms with E-state index in [1.54, 1.807) is 12.1 Å². The summed E-state index contributed by atoms with van der Waals surface area (Å²) in [5, 5.41) is 11.7. The largest absolute Gasteiger partial charge is 0.285 e. The van der Waals surface area contributed by atoms with Crippen LogP contribution in [0.1, 0.15) is 26.3 Å². The summed E-state index contributed by atoms with van der Waals surface area (Å²) < 4.78 is 22.6. The van der Waals surface area contributed by atoms with Gasteiger partial charge in [-0.2, -0.15) is 0 Å². The molecule has 0 spiro atoms. The van der Waals surface area contributed by atoms with Crippen LogP contribution in [0, 0.1) is 10.1 Å². The molecule has 0 radical (unpaired) electrons. The first-order valence-corrected chi connectivity index (χ1v) is 9.34. The Kier molecular flexibility index (Phi) is 4.48. The third-order valence-electron chi connectivity index (χ3n) is 3.64. The van der Waals surface area contributed by atoms with Crippen LogP contribution in [0.25, 0.3) is 0 Å². The lowest BCUT2D eigenvalue weighted by atomic mass is 10.1. The molecule has 0 saturated heterocycles. The molecule has 11 heteroatoms. The normalized spacial score (nSPS) is 13.8. The van der Waals surface area contributed by atoms with Crippen LogP contribution in [-0.4, -0.2) is 30.2 Å². The minimum absolute atomic E-state index is 0.0318. The lowest BCUT2D eigenvalue weighted by molar-refractivity contribution is -0.386. The van der Waals surface area contributed by atoms with Crippen molar-refractivity contribution in [2.24, 2.45) is 0 Å². The summed E-state index contributed by atoms with van der Waals surface area (Å²) in [5.41, 5.74) is -0.273. The quantitative estimate of drug-likeness (QED) is 0.328. The molecule has 0 aliphatic carbocycles. The van der Waals surface area contributed by atoms with Crippen LogP contribution in [0.4, 0.5) is 5.69 Å². The average molecular weight is 397 g/mol. The predicted octanol–water partition coefficient (Wildman–Crippen LogP) is 2.25. The third-order valence-corrected chi connectivity index (χ3v) is 4.99. The van der Waals surface area contributed by atoms with Gasteiger partial charge in [0.15, 0.2) is 0 Å². The Morgan fingerprint density at radius 2 is 1.65 bits per heavy atom. The van der Waals surface area contributed by atoms with Gasteiger partial charge < -0.3 is 0 Å². The molecule has 1 aliphatic rings. The van der Waals surface area contributed by atoms with Gasteiger partial charge in [-0.3, -0.25) is 24.5 Å². The molecule has 3 rings (SSSR count). The molecule has 134 valence electrons. The molecule has 1 aliphatic heterocycles. The standard InChI is InChI=1S/C15H9ClN2O7S/c16-26(23,24)10-6-5-9(13(7-10)18(21)22)8-25-17-14(19)11-3-1-2-4-12(11)15(17)20/h1-7H,8H2. The molecule has 1 heterocycles. The van der Waals surface area contributed by atoms with Crippen molar-refractivity contribution in [1.82, 2.24) is 5.06 Å². The second kappa shape index (κ2) is 6.48. The summed E-state index contributed by atoms with van der Waals surface area (Å²) in [4.78, 5) is 39.4. The van der Waals surface area contributed by atoms with E-state index in [4.69, 9.17) is 15.5 Å². The van der Waals surface area contributed by atoms with Crippen molar-refractivity contribution in [2.45, 2.75) is 11.5 Å². The fourth-order valence-corrected chi connectivity index (χ4v) is 3.18. The zero-order chi connectivity index (χ0) is 19.1. The van der Waals surface area contributed by atoms with Gasteiger partial charge in [-0.25, -0.2) is 8.42 Å².